The fourth-order valence-corrected chi connectivity index (χ4v) is 2.76. The Balaban J connectivity index is 2.10. The first-order valence-corrected chi connectivity index (χ1v) is 6.19. The molecule has 0 aliphatic carbocycles. The van der Waals surface area contributed by atoms with Crippen molar-refractivity contribution in [1.29, 1.82) is 0 Å². The van der Waals surface area contributed by atoms with E-state index in [9.17, 15) is 0 Å². The molecule has 0 unspecified atom stereocenters. The van der Waals surface area contributed by atoms with Crippen LogP contribution in [0.15, 0.2) is 54.6 Å². The van der Waals surface area contributed by atoms with E-state index in [2.05, 4.69) is 66.5 Å². The number of likely N-dealkylation sites (N-methyl/N-ethyl adjacent to an activating group) is 1. The van der Waals surface area contributed by atoms with Gasteiger partial charge in [0.2, 0.25) is 0 Å². The Morgan fingerprint density at radius 1 is 0.941 bits per heavy atom. The van der Waals surface area contributed by atoms with Gasteiger partial charge in [-0.25, -0.2) is 0 Å². The van der Waals surface area contributed by atoms with Crippen molar-refractivity contribution in [1.82, 2.24) is 4.90 Å². The molecule has 1 heterocycles. The Labute approximate surface area is 103 Å². The molecule has 0 radical (unpaired) electrons. The predicted octanol–water partition coefficient (Wildman–Crippen LogP) is 3.26. The van der Waals surface area contributed by atoms with Gasteiger partial charge in [-0.2, -0.15) is 0 Å². The first-order valence-electron chi connectivity index (χ1n) is 6.19. The summed E-state index contributed by atoms with van der Waals surface area (Å²) < 4.78 is 0. The van der Waals surface area contributed by atoms with E-state index in [0.717, 1.165) is 13.0 Å². The SMILES string of the molecule is CN1CCc2ccccc2[C@H]1c1ccccc1. The van der Waals surface area contributed by atoms with Crippen molar-refractivity contribution in [3.8, 4) is 0 Å². The van der Waals surface area contributed by atoms with Crippen molar-refractivity contribution < 1.29 is 0 Å². The first-order chi connectivity index (χ1) is 8.36. The maximum absolute atomic E-state index is 2.44. The Bertz CT molecular complexity index is 504. The lowest BCUT2D eigenvalue weighted by molar-refractivity contribution is 0.265. The van der Waals surface area contributed by atoms with Gasteiger partial charge >= 0.3 is 0 Å². The van der Waals surface area contributed by atoms with Crippen LogP contribution in [0.5, 0.6) is 0 Å². The van der Waals surface area contributed by atoms with E-state index >= 15 is 0 Å². The summed E-state index contributed by atoms with van der Waals surface area (Å²) in [7, 11) is 2.22. The molecule has 0 fully saturated rings. The number of nitrogens with zero attached hydrogens (tertiary/aromatic N) is 1. The molecule has 17 heavy (non-hydrogen) atoms. The van der Waals surface area contributed by atoms with E-state index in [1.807, 2.05) is 0 Å². The second-order valence-corrected chi connectivity index (χ2v) is 4.74. The number of rotatable bonds is 1. The Morgan fingerprint density at radius 3 is 2.47 bits per heavy atom. The molecule has 0 amide bonds. The molecule has 1 aliphatic rings. The van der Waals surface area contributed by atoms with Crippen molar-refractivity contribution in [2.75, 3.05) is 13.6 Å². The molecule has 0 N–H and O–H groups in total. The van der Waals surface area contributed by atoms with E-state index in [0.29, 0.717) is 6.04 Å². The molecule has 2 aromatic carbocycles. The summed E-state index contributed by atoms with van der Waals surface area (Å²) in [5, 5.41) is 0. The Kier molecular flexibility index (Phi) is 2.69. The lowest BCUT2D eigenvalue weighted by Gasteiger charge is -2.35. The van der Waals surface area contributed by atoms with Gasteiger partial charge in [0.15, 0.2) is 0 Å². The van der Waals surface area contributed by atoms with Gasteiger partial charge in [-0.3, -0.25) is 4.90 Å². The van der Waals surface area contributed by atoms with Gasteiger partial charge in [-0.15, -0.1) is 0 Å². The van der Waals surface area contributed by atoms with Gasteiger partial charge in [0, 0.05) is 6.54 Å². The molecule has 0 saturated carbocycles. The topological polar surface area (TPSA) is 3.24 Å². The standard InChI is InChI=1S/C16H17N/c1-17-12-11-13-7-5-6-10-15(13)16(17)14-8-3-2-4-9-14/h2-10,16H,11-12H2,1H3/t16-/m1/s1. The van der Waals surface area contributed by atoms with Crippen LogP contribution in [-0.2, 0) is 6.42 Å². The highest BCUT2D eigenvalue weighted by Crippen LogP contribution is 2.33. The third-order valence-electron chi connectivity index (χ3n) is 3.64. The minimum Gasteiger partial charge on any atom is -0.295 e. The highest BCUT2D eigenvalue weighted by Gasteiger charge is 2.25. The molecule has 2 aromatic rings. The smallest absolute Gasteiger partial charge is 0.0602 e. The molecule has 0 saturated heterocycles. The largest absolute Gasteiger partial charge is 0.295 e. The Hall–Kier alpha value is -1.60. The number of hydrogen-bond donors (Lipinski definition) is 0. The monoisotopic (exact) mass is 223 g/mol. The zero-order valence-electron chi connectivity index (χ0n) is 10.1. The van der Waals surface area contributed by atoms with Crippen LogP contribution in [0, 0.1) is 0 Å². The fourth-order valence-electron chi connectivity index (χ4n) is 2.76. The van der Waals surface area contributed by atoms with Crippen molar-refractivity contribution >= 4 is 0 Å². The summed E-state index contributed by atoms with van der Waals surface area (Å²) >= 11 is 0. The van der Waals surface area contributed by atoms with Gasteiger partial charge in [-0.1, -0.05) is 54.6 Å². The maximum Gasteiger partial charge on any atom is 0.0602 e. The molecule has 3 rings (SSSR count). The van der Waals surface area contributed by atoms with E-state index in [-0.39, 0.29) is 0 Å². The third kappa shape index (κ3) is 1.87. The third-order valence-corrected chi connectivity index (χ3v) is 3.64. The molecule has 1 nitrogen and oxygen atoms in total. The summed E-state index contributed by atoms with van der Waals surface area (Å²) in [4.78, 5) is 2.44. The van der Waals surface area contributed by atoms with Crippen LogP contribution in [0.3, 0.4) is 0 Å². The zero-order valence-corrected chi connectivity index (χ0v) is 10.1. The van der Waals surface area contributed by atoms with E-state index in [4.69, 9.17) is 0 Å². The average molecular weight is 223 g/mol. The normalized spacial score (nSPS) is 19.9. The molecular formula is C16H17N. The van der Waals surface area contributed by atoms with Crippen molar-refractivity contribution in [3.05, 3.63) is 71.3 Å². The quantitative estimate of drug-likeness (QED) is 0.717. The van der Waals surface area contributed by atoms with Gasteiger partial charge in [0.1, 0.15) is 0 Å². The zero-order chi connectivity index (χ0) is 11.7. The van der Waals surface area contributed by atoms with Crippen LogP contribution >= 0.6 is 0 Å². The molecule has 0 spiro atoms. The maximum atomic E-state index is 2.44. The number of fused-ring (bicyclic) bond motifs is 1. The molecule has 0 bridgehead atoms. The Morgan fingerprint density at radius 2 is 1.65 bits per heavy atom. The highest BCUT2D eigenvalue weighted by molar-refractivity contribution is 5.39. The van der Waals surface area contributed by atoms with Gasteiger partial charge in [0.05, 0.1) is 6.04 Å². The predicted molar refractivity (Wildman–Crippen MR) is 71.1 cm³/mol. The van der Waals surface area contributed by atoms with Crippen LogP contribution in [0.1, 0.15) is 22.7 Å². The second-order valence-electron chi connectivity index (χ2n) is 4.74. The molecule has 1 heteroatoms. The summed E-state index contributed by atoms with van der Waals surface area (Å²) in [5.74, 6) is 0. The minimum atomic E-state index is 0.418. The van der Waals surface area contributed by atoms with Gasteiger partial charge in [-0.05, 0) is 30.2 Å². The molecule has 86 valence electrons. The molecule has 1 aliphatic heterocycles. The van der Waals surface area contributed by atoms with Crippen LogP contribution in [0.4, 0.5) is 0 Å². The number of hydrogen-bond acceptors (Lipinski definition) is 1. The van der Waals surface area contributed by atoms with Crippen molar-refractivity contribution in [2.45, 2.75) is 12.5 Å². The van der Waals surface area contributed by atoms with Crippen LogP contribution < -0.4 is 0 Å². The fraction of sp³-hybridized carbons (Fsp3) is 0.250. The molecular weight excluding hydrogens is 206 g/mol. The van der Waals surface area contributed by atoms with Crippen LogP contribution in [-0.4, -0.2) is 18.5 Å². The van der Waals surface area contributed by atoms with Crippen molar-refractivity contribution in [3.63, 3.8) is 0 Å². The van der Waals surface area contributed by atoms with E-state index < -0.39 is 0 Å². The van der Waals surface area contributed by atoms with E-state index in [1.165, 1.54) is 16.7 Å². The van der Waals surface area contributed by atoms with Gasteiger partial charge < -0.3 is 0 Å². The van der Waals surface area contributed by atoms with E-state index in [1.54, 1.807) is 0 Å². The first kappa shape index (κ1) is 10.5. The number of benzene rings is 2. The highest BCUT2D eigenvalue weighted by atomic mass is 15.1. The van der Waals surface area contributed by atoms with Gasteiger partial charge in [0.25, 0.3) is 0 Å². The molecule has 1 atom stereocenters. The lowest BCUT2D eigenvalue weighted by atomic mass is 9.89. The summed E-state index contributed by atoms with van der Waals surface area (Å²) in [6.07, 6.45) is 1.16. The lowest BCUT2D eigenvalue weighted by Crippen LogP contribution is -2.32. The average Bonchev–Trinajstić information content (AvgIpc) is 2.39. The summed E-state index contributed by atoms with van der Waals surface area (Å²) in [6, 6.07) is 20.0. The van der Waals surface area contributed by atoms with Crippen LogP contribution in [0.2, 0.25) is 0 Å². The second kappa shape index (κ2) is 4.34. The summed E-state index contributed by atoms with van der Waals surface area (Å²) in [6.45, 7) is 1.14. The molecule has 0 aromatic heterocycles. The van der Waals surface area contributed by atoms with Crippen LogP contribution in [0.25, 0.3) is 0 Å². The van der Waals surface area contributed by atoms with Crippen molar-refractivity contribution in [2.24, 2.45) is 0 Å². The summed E-state index contributed by atoms with van der Waals surface area (Å²) in [5.41, 5.74) is 4.36. The minimum absolute atomic E-state index is 0.418.